The van der Waals surface area contributed by atoms with Crippen LogP contribution in [0, 0.1) is 0 Å². The van der Waals surface area contributed by atoms with Crippen LogP contribution in [-0.2, 0) is 0 Å². The van der Waals surface area contributed by atoms with Crippen LogP contribution < -0.4 is 4.74 Å². The largest absolute Gasteiger partial charge is 0.506 e. The van der Waals surface area contributed by atoms with Crippen molar-refractivity contribution in [2.75, 3.05) is 0 Å². The standard InChI is InChI=1S/C9H9F2NO2/c10-9(11)14-7-3-6(13)4-12-8(7)5-1-2-5/h3-5,9,13H,1-2H2. The summed E-state index contributed by atoms with van der Waals surface area (Å²) in [6.07, 6.45) is 3.13. The Balaban J connectivity index is 2.28. The Morgan fingerprint density at radius 3 is 2.79 bits per heavy atom. The van der Waals surface area contributed by atoms with Crippen molar-refractivity contribution in [1.29, 1.82) is 0 Å². The second kappa shape index (κ2) is 3.40. The molecular formula is C9H9F2NO2. The highest BCUT2D eigenvalue weighted by atomic mass is 19.3. The number of aromatic hydroxyl groups is 1. The Morgan fingerprint density at radius 2 is 2.21 bits per heavy atom. The molecule has 1 aromatic rings. The van der Waals surface area contributed by atoms with Crippen molar-refractivity contribution in [2.45, 2.75) is 25.4 Å². The molecule has 1 aliphatic carbocycles. The van der Waals surface area contributed by atoms with Gasteiger partial charge in [0.25, 0.3) is 0 Å². The summed E-state index contributed by atoms with van der Waals surface area (Å²) in [6.45, 7) is -2.88. The van der Waals surface area contributed by atoms with E-state index in [2.05, 4.69) is 9.72 Å². The maximum Gasteiger partial charge on any atom is 0.387 e. The fourth-order valence-corrected chi connectivity index (χ4v) is 1.30. The van der Waals surface area contributed by atoms with E-state index in [0.29, 0.717) is 5.69 Å². The second-order valence-corrected chi connectivity index (χ2v) is 3.23. The number of pyridine rings is 1. The van der Waals surface area contributed by atoms with Gasteiger partial charge in [-0.1, -0.05) is 0 Å². The number of nitrogens with zero attached hydrogens (tertiary/aromatic N) is 1. The van der Waals surface area contributed by atoms with Crippen LogP contribution in [0.3, 0.4) is 0 Å². The van der Waals surface area contributed by atoms with Crippen molar-refractivity contribution in [1.82, 2.24) is 4.98 Å². The lowest BCUT2D eigenvalue weighted by Crippen LogP contribution is -2.05. The quantitative estimate of drug-likeness (QED) is 0.815. The van der Waals surface area contributed by atoms with E-state index in [0.717, 1.165) is 12.8 Å². The van der Waals surface area contributed by atoms with Gasteiger partial charge in [-0.3, -0.25) is 4.98 Å². The van der Waals surface area contributed by atoms with Crippen LogP contribution in [0.25, 0.3) is 0 Å². The van der Waals surface area contributed by atoms with Gasteiger partial charge in [-0.2, -0.15) is 8.78 Å². The lowest BCUT2D eigenvalue weighted by Gasteiger charge is -2.08. The van der Waals surface area contributed by atoms with Crippen LogP contribution in [-0.4, -0.2) is 16.7 Å². The van der Waals surface area contributed by atoms with E-state index >= 15 is 0 Å². The number of rotatable bonds is 3. The van der Waals surface area contributed by atoms with Crippen LogP contribution in [0.5, 0.6) is 11.5 Å². The van der Waals surface area contributed by atoms with Gasteiger partial charge in [-0.15, -0.1) is 0 Å². The summed E-state index contributed by atoms with van der Waals surface area (Å²) in [5.41, 5.74) is 0.517. The third kappa shape index (κ3) is 1.92. The van der Waals surface area contributed by atoms with Crippen molar-refractivity contribution in [3.63, 3.8) is 0 Å². The van der Waals surface area contributed by atoms with E-state index in [1.165, 1.54) is 12.3 Å². The van der Waals surface area contributed by atoms with E-state index < -0.39 is 6.61 Å². The minimum absolute atomic E-state index is 0.0116. The molecule has 0 aliphatic heterocycles. The molecule has 0 radical (unpaired) electrons. The third-order valence-corrected chi connectivity index (χ3v) is 2.05. The summed E-state index contributed by atoms with van der Waals surface area (Å²) in [5.74, 6) is 0.0388. The molecule has 0 atom stereocenters. The first-order valence-electron chi connectivity index (χ1n) is 4.30. The van der Waals surface area contributed by atoms with Crippen molar-refractivity contribution in [2.24, 2.45) is 0 Å². The number of ether oxygens (including phenoxy) is 1. The summed E-state index contributed by atoms with van der Waals surface area (Å²) in [5, 5.41) is 9.07. The molecule has 5 heteroatoms. The van der Waals surface area contributed by atoms with Gasteiger partial charge in [0, 0.05) is 12.0 Å². The van der Waals surface area contributed by atoms with Crippen LogP contribution in [0.15, 0.2) is 12.3 Å². The molecule has 0 aromatic carbocycles. The Kier molecular flexibility index (Phi) is 2.23. The molecule has 0 spiro atoms. The molecule has 1 aromatic heterocycles. The molecule has 0 unspecified atom stereocenters. The normalized spacial score (nSPS) is 15.9. The molecule has 1 heterocycles. The van der Waals surface area contributed by atoms with E-state index in [1.54, 1.807) is 0 Å². The van der Waals surface area contributed by atoms with Crippen molar-refractivity contribution in [3.8, 4) is 11.5 Å². The first-order chi connectivity index (χ1) is 6.66. The van der Waals surface area contributed by atoms with Gasteiger partial charge in [0.05, 0.1) is 11.9 Å². The summed E-state index contributed by atoms with van der Waals surface area (Å²) in [7, 11) is 0. The van der Waals surface area contributed by atoms with Crippen molar-refractivity contribution >= 4 is 0 Å². The van der Waals surface area contributed by atoms with Crippen molar-refractivity contribution < 1.29 is 18.6 Å². The molecule has 1 fully saturated rings. The first kappa shape index (κ1) is 9.18. The van der Waals surface area contributed by atoms with Gasteiger partial charge in [-0.25, -0.2) is 0 Å². The number of alkyl halides is 2. The van der Waals surface area contributed by atoms with Gasteiger partial charge < -0.3 is 9.84 Å². The summed E-state index contributed by atoms with van der Waals surface area (Å²) in [4.78, 5) is 3.88. The molecule has 1 saturated carbocycles. The molecule has 14 heavy (non-hydrogen) atoms. The number of hydrogen-bond acceptors (Lipinski definition) is 3. The van der Waals surface area contributed by atoms with E-state index in [9.17, 15) is 8.78 Å². The topological polar surface area (TPSA) is 42.4 Å². The summed E-state index contributed by atoms with van der Waals surface area (Å²) >= 11 is 0. The maximum absolute atomic E-state index is 12.0. The Hall–Kier alpha value is -1.39. The predicted octanol–water partition coefficient (Wildman–Crippen LogP) is 2.27. The third-order valence-electron chi connectivity index (χ3n) is 2.05. The number of aromatic nitrogens is 1. The van der Waals surface area contributed by atoms with E-state index in [1.807, 2.05) is 0 Å². The highest BCUT2D eigenvalue weighted by Crippen LogP contribution is 2.44. The molecule has 0 saturated heterocycles. The van der Waals surface area contributed by atoms with E-state index in [4.69, 9.17) is 5.11 Å². The molecular weight excluding hydrogens is 192 g/mol. The molecule has 0 bridgehead atoms. The van der Waals surface area contributed by atoms with Gasteiger partial charge in [-0.05, 0) is 12.8 Å². The maximum atomic E-state index is 12.0. The molecule has 1 aliphatic rings. The Morgan fingerprint density at radius 1 is 1.50 bits per heavy atom. The zero-order valence-corrected chi connectivity index (χ0v) is 7.28. The fourth-order valence-electron chi connectivity index (χ4n) is 1.30. The monoisotopic (exact) mass is 201 g/mol. The first-order valence-corrected chi connectivity index (χ1v) is 4.30. The Labute approximate surface area is 79.3 Å². The molecule has 0 amide bonds. The fraction of sp³-hybridized carbons (Fsp3) is 0.444. The van der Waals surface area contributed by atoms with Crippen LogP contribution in [0.1, 0.15) is 24.5 Å². The highest BCUT2D eigenvalue weighted by molar-refractivity contribution is 5.38. The SMILES string of the molecule is Oc1cnc(C2CC2)c(OC(F)F)c1. The average Bonchev–Trinajstić information content (AvgIpc) is 2.86. The minimum atomic E-state index is -2.88. The molecule has 3 nitrogen and oxygen atoms in total. The van der Waals surface area contributed by atoms with Crippen LogP contribution in [0.2, 0.25) is 0 Å². The smallest absolute Gasteiger partial charge is 0.387 e. The van der Waals surface area contributed by atoms with Crippen molar-refractivity contribution in [3.05, 3.63) is 18.0 Å². The van der Waals surface area contributed by atoms with Gasteiger partial charge >= 0.3 is 6.61 Å². The summed E-state index contributed by atoms with van der Waals surface area (Å²) < 4.78 is 28.2. The van der Waals surface area contributed by atoms with E-state index in [-0.39, 0.29) is 17.4 Å². The molecule has 2 rings (SSSR count). The second-order valence-electron chi connectivity index (χ2n) is 3.23. The lowest BCUT2D eigenvalue weighted by atomic mass is 10.2. The van der Waals surface area contributed by atoms with Gasteiger partial charge in [0.2, 0.25) is 0 Å². The predicted molar refractivity (Wildman–Crippen MR) is 44.5 cm³/mol. The highest BCUT2D eigenvalue weighted by Gasteiger charge is 2.29. The minimum Gasteiger partial charge on any atom is -0.506 e. The number of halogens is 2. The Bertz CT molecular complexity index is 340. The van der Waals surface area contributed by atoms with Crippen LogP contribution in [0.4, 0.5) is 8.78 Å². The average molecular weight is 201 g/mol. The molecule has 76 valence electrons. The number of hydrogen-bond donors (Lipinski definition) is 1. The lowest BCUT2D eigenvalue weighted by molar-refractivity contribution is -0.0508. The zero-order chi connectivity index (χ0) is 10.1. The van der Waals surface area contributed by atoms with Crippen LogP contribution >= 0.6 is 0 Å². The van der Waals surface area contributed by atoms with Gasteiger partial charge in [0.15, 0.2) is 5.75 Å². The zero-order valence-electron chi connectivity index (χ0n) is 7.28. The summed E-state index contributed by atoms with van der Waals surface area (Å²) in [6, 6.07) is 1.17. The molecule has 1 N–H and O–H groups in total. The van der Waals surface area contributed by atoms with Gasteiger partial charge in [0.1, 0.15) is 5.75 Å².